The molecule has 0 saturated heterocycles. The maximum Gasteiger partial charge on any atom is 0.338 e. The molecule has 0 spiro atoms. The summed E-state index contributed by atoms with van der Waals surface area (Å²) in [7, 11) is 0. The standard InChI is InChI=1S/C21H16Br2O3/c22-18-7-3-16(4-8-18)14-26-21(24)17-5-1-15(2-6-17)13-25-20-11-9-19(23)10-12-20/h1-12H,13-14H2. The van der Waals surface area contributed by atoms with E-state index in [4.69, 9.17) is 9.47 Å². The Morgan fingerprint density at radius 3 is 1.81 bits per heavy atom. The molecule has 3 rings (SSSR count). The number of rotatable bonds is 6. The molecule has 5 heteroatoms. The van der Waals surface area contributed by atoms with Crippen LogP contribution in [0.5, 0.6) is 5.75 Å². The number of ether oxygens (including phenoxy) is 2. The lowest BCUT2D eigenvalue weighted by atomic mass is 10.1. The molecule has 0 aliphatic carbocycles. The first kappa shape index (κ1) is 18.7. The third kappa shape index (κ3) is 5.44. The van der Waals surface area contributed by atoms with Crippen LogP contribution in [0.1, 0.15) is 21.5 Å². The fourth-order valence-corrected chi connectivity index (χ4v) is 2.78. The van der Waals surface area contributed by atoms with Gasteiger partial charge in [-0.15, -0.1) is 0 Å². The van der Waals surface area contributed by atoms with E-state index < -0.39 is 0 Å². The molecule has 0 aliphatic heterocycles. The van der Waals surface area contributed by atoms with Gasteiger partial charge in [0.25, 0.3) is 0 Å². The molecule has 132 valence electrons. The summed E-state index contributed by atoms with van der Waals surface area (Å²) in [4.78, 5) is 12.1. The summed E-state index contributed by atoms with van der Waals surface area (Å²) in [5, 5.41) is 0. The smallest absolute Gasteiger partial charge is 0.338 e. The highest BCUT2D eigenvalue weighted by molar-refractivity contribution is 9.10. The van der Waals surface area contributed by atoms with Gasteiger partial charge in [0.1, 0.15) is 19.0 Å². The van der Waals surface area contributed by atoms with Crippen LogP contribution in [-0.2, 0) is 18.0 Å². The lowest BCUT2D eigenvalue weighted by molar-refractivity contribution is 0.0472. The first-order valence-corrected chi connectivity index (χ1v) is 9.57. The minimum absolute atomic E-state index is 0.251. The molecule has 0 saturated carbocycles. The Morgan fingerprint density at radius 2 is 1.19 bits per heavy atom. The van der Waals surface area contributed by atoms with Gasteiger partial charge in [-0.05, 0) is 59.7 Å². The van der Waals surface area contributed by atoms with Gasteiger partial charge in [-0.2, -0.15) is 0 Å². The molecule has 3 nitrogen and oxygen atoms in total. The molecule has 0 unspecified atom stereocenters. The Bertz CT molecular complexity index is 857. The lowest BCUT2D eigenvalue weighted by Crippen LogP contribution is -2.05. The summed E-state index contributed by atoms with van der Waals surface area (Å²) in [5.41, 5.74) is 2.45. The van der Waals surface area contributed by atoms with Crippen LogP contribution in [0.3, 0.4) is 0 Å². The van der Waals surface area contributed by atoms with Crippen molar-refractivity contribution in [1.82, 2.24) is 0 Å². The zero-order valence-corrected chi connectivity index (χ0v) is 17.0. The molecule has 0 bridgehead atoms. The van der Waals surface area contributed by atoms with Crippen molar-refractivity contribution in [1.29, 1.82) is 0 Å². The van der Waals surface area contributed by atoms with Crippen LogP contribution in [0.4, 0.5) is 0 Å². The summed E-state index contributed by atoms with van der Waals surface area (Å²) < 4.78 is 13.1. The summed E-state index contributed by atoms with van der Waals surface area (Å²) >= 11 is 6.77. The van der Waals surface area contributed by atoms with Crippen LogP contribution < -0.4 is 4.74 Å². The van der Waals surface area contributed by atoms with Gasteiger partial charge in [0.15, 0.2) is 0 Å². The number of esters is 1. The van der Waals surface area contributed by atoms with Gasteiger partial charge in [0, 0.05) is 8.95 Å². The van der Waals surface area contributed by atoms with E-state index in [1.54, 1.807) is 12.1 Å². The Kier molecular flexibility index (Phi) is 6.47. The second-order valence-electron chi connectivity index (χ2n) is 5.64. The van der Waals surface area contributed by atoms with Crippen LogP contribution >= 0.6 is 31.9 Å². The van der Waals surface area contributed by atoms with Gasteiger partial charge < -0.3 is 9.47 Å². The maximum absolute atomic E-state index is 12.1. The molecule has 0 heterocycles. The molecule has 0 amide bonds. The molecule has 0 N–H and O–H groups in total. The summed E-state index contributed by atoms with van der Waals surface area (Å²) in [6, 6.07) is 22.6. The van der Waals surface area contributed by atoms with Gasteiger partial charge in [0.05, 0.1) is 5.56 Å². The lowest BCUT2D eigenvalue weighted by Gasteiger charge is -2.08. The molecule has 0 atom stereocenters. The van der Waals surface area contributed by atoms with E-state index >= 15 is 0 Å². The monoisotopic (exact) mass is 474 g/mol. The Hall–Kier alpha value is -2.11. The molecule has 26 heavy (non-hydrogen) atoms. The van der Waals surface area contributed by atoms with Crippen molar-refractivity contribution < 1.29 is 14.3 Å². The average molecular weight is 476 g/mol. The number of benzene rings is 3. The van der Waals surface area contributed by atoms with Crippen molar-refractivity contribution in [3.05, 3.63) is 98.4 Å². The van der Waals surface area contributed by atoms with Crippen molar-refractivity contribution >= 4 is 37.8 Å². The summed E-state index contributed by atoms with van der Waals surface area (Å²) in [6.45, 7) is 0.691. The highest BCUT2D eigenvalue weighted by atomic mass is 79.9. The van der Waals surface area contributed by atoms with Gasteiger partial charge in [-0.3, -0.25) is 0 Å². The fraction of sp³-hybridized carbons (Fsp3) is 0.0952. The molecule has 0 fully saturated rings. The highest BCUT2D eigenvalue weighted by Crippen LogP contribution is 2.18. The zero-order chi connectivity index (χ0) is 18.4. The van der Waals surface area contributed by atoms with E-state index in [1.807, 2.05) is 60.7 Å². The van der Waals surface area contributed by atoms with Crippen molar-refractivity contribution in [2.24, 2.45) is 0 Å². The topological polar surface area (TPSA) is 35.5 Å². The zero-order valence-electron chi connectivity index (χ0n) is 13.8. The molecular weight excluding hydrogens is 460 g/mol. The van der Waals surface area contributed by atoms with Crippen LogP contribution in [0.15, 0.2) is 81.7 Å². The van der Waals surface area contributed by atoms with E-state index in [2.05, 4.69) is 31.9 Å². The minimum atomic E-state index is -0.340. The minimum Gasteiger partial charge on any atom is -0.489 e. The van der Waals surface area contributed by atoms with Crippen molar-refractivity contribution in [2.45, 2.75) is 13.2 Å². The number of hydrogen-bond donors (Lipinski definition) is 0. The second-order valence-corrected chi connectivity index (χ2v) is 7.47. The Morgan fingerprint density at radius 1 is 0.692 bits per heavy atom. The summed E-state index contributed by atoms with van der Waals surface area (Å²) in [6.07, 6.45) is 0. The number of carbonyl (C=O) groups excluding carboxylic acids is 1. The summed E-state index contributed by atoms with van der Waals surface area (Å²) in [5.74, 6) is 0.458. The Labute approximate surface area is 169 Å². The van der Waals surface area contributed by atoms with Crippen molar-refractivity contribution in [3.8, 4) is 5.75 Å². The van der Waals surface area contributed by atoms with Crippen molar-refractivity contribution in [2.75, 3.05) is 0 Å². The molecule has 3 aromatic carbocycles. The van der Waals surface area contributed by atoms with Crippen LogP contribution in [0.2, 0.25) is 0 Å². The average Bonchev–Trinajstić information content (AvgIpc) is 2.67. The van der Waals surface area contributed by atoms with Gasteiger partial charge in [-0.1, -0.05) is 56.1 Å². The number of halogens is 2. The van der Waals surface area contributed by atoms with E-state index in [1.165, 1.54) is 0 Å². The van der Waals surface area contributed by atoms with Crippen LogP contribution in [0, 0.1) is 0 Å². The quantitative estimate of drug-likeness (QED) is 0.401. The van der Waals surface area contributed by atoms with Crippen LogP contribution in [-0.4, -0.2) is 5.97 Å². The largest absolute Gasteiger partial charge is 0.489 e. The maximum atomic E-state index is 12.1. The SMILES string of the molecule is O=C(OCc1ccc(Br)cc1)c1ccc(COc2ccc(Br)cc2)cc1. The van der Waals surface area contributed by atoms with Crippen LogP contribution in [0.25, 0.3) is 0 Å². The predicted octanol–water partition coefficient (Wildman–Crippen LogP) is 6.15. The van der Waals surface area contributed by atoms with Crippen molar-refractivity contribution in [3.63, 3.8) is 0 Å². The van der Waals surface area contributed by atoms with E-state index in [9.17, 15) is 4.79 Å². The molecule has 0 aromatic heterocycles. The third-order valence-corrected chi connectivity index (χ3v) is 4.75. The molecular formula is C21H16Br2O3. The third-order valence-electron chi connectivity index (χ3n) is 3.69. The Balaban J connectivity index is 1.52. The van der Waals surface area contributed by atoms with E-state index in [-0.39, 0.29) is 12.6 Å². The molecule has 0 radical (unpaired) electrons. The normalized spacial score (nSPS) is 10.4. The number of hydrogen-bond acceptors (Lipinski definition) is 3. The molecule has 0 aliphatic rings. The number of carbonyl (C=O) groups is 1. The van der Waals surface area contributed by atoms with E-state index in [0.717, 1.165) is 25.8 Å². The first-order valence-electron chi connectivity index (χ1n) is 7.99. The first-order chi connectivity index (χ1) is 12.6. The second kappa shape index (κ2) is 9.01. The molecule has 3 aromatic rings. The van der Waals surface area contributed by atoms with Gasteiger partial charge >= 0.3 is 5.97 Å². The van der Waals surface area contributed by atoms with Gasteiger partial charge in [0.2, 0.25) is 0 Å². The van der Waals surface area contributed by atoms with Gasteiger partial charge in [-0.25, -0.2) is 4.79 Å². The highest BCUT2D eigenvalue weighted by Gasteiger charge is 2.07. The fourth-order valence-electron chi connectivity index (χ4n) is 2.25. The van der Waals surface area contributed by atoms with E-state index in [0.29, 0.717) is 12.2 Å². The predicted molar refractivity (Wildman–Crippen MR) is 108 cm³/mol.